The molecule has 152 valence electrons. The van der Waals surface area contributed by atoms with E-state index in [1.54, 1.807) is 14.2 Å². The number of hydrogen-bond acceptors (Lipinski definition) is 5. The number of guanidine groups is 1. The summed E-state index contributed by atoms with van der Waals surface area (Å²) in [6.45, 7) is 13.6. The Morgan fingerprint density at radius 3 is 2.59 bits per heavy atom. The van der Waals surface area contributed by atoms with Crippen LogP contribution in [0.4, 0.5) is 0 Å². The molecule has 0 radical (unpaired) electrons. The summed E-state index contributed by atoms with van der Waals surface area (Å²) in [6.07, 6.45) is 1.85. The second-order valence-corrected chi connectivity index (χ2v) is 7.31. The van der Waals surface area contributed by atoms with Gasteiger partial charge >= 0.3 is 0 Å². The van der Waals surface area contributed by atoms with E-state index in [-0.39, 0.29) is 0 Å². The molecule has 1 fully saturated rings. The van der Waals surface area contributed by atoms with Crippen LogP contribution in [-0.4, -0.2) is 68.9 Å². The van der Waals surface area contributed by atoms with Gasteiger partial charge in [-0.1, -0.05) is 13.8 Å². The first-order valence-corrected chi connectivity index (χ1v) is 9.73. The first-order valence-electron chi connectivity index (χ1n) is 9.73. The van der Waals surface area contributed by atoms with Crippen molar-refractivity contribution in [2.45, 2.75) is 40.3 Å². The third kappa shape index (κ3) is 5.81. The molecular weight excluding hydrogens is 342 g/mol. The molecule has 1 aliphatic heterocycles. The van der Waals surface area contributed by atoms with Gasteiger partial charge in [0.2, 0.25) is 0 Å². The van der Waals surface area contributed by atoms with Crippen LogP contribution in [0.1, 0.15) is 30.7 Å². The average molecular weight is 378 g/mol. The molecule has 1 aromatic rings. The number of nitrogens with zero attached hydrogens (tertiary/aromatic N) is 3. The topological polar surface area (TPSA) is 71.0 Å². The van der Waals surface area contributed by atoms with Crippen LogP contribution in [-0.2, 0) is 11.3 Å². The molecule has 0 bridgehead atoms. The van der Waals surface area contributed by atoms with Gasteiger partial charge in [0, 0.05) is 50.0 Å². The zero-order valence-corrected chi connectivity index (χ0v) is 17.6. The van der Waals surface area contributed by atoms with Gasteiger partial charge in [0.25, 0.3) is 0 Å². The Hall–Kier alpha value is -1.86. The Kier molecular flexibility index (Phi) is 8.31. The van der Waals surface area contributed by atoms with Crippen LogP contribution >= 0.6 is 0 Å². The molecule has 0 saturated carbocycles. The maximum Gasteiger partial charge on any atom is 0.191 e. The number of aromatic nitrogens is 1. The monoisotopic (exact) mass is 377 g/mol. The van der Waals surface area contributed by atoms with Gasteiger partial charge in [0.15, 0.2) is 5.96 Å². The van der Waals surface area contributed by atoms with Gasteiger partial charge in [0.1, 0.15) is 5.75 Å². The summed E-state index contributed by atoms with van der Waals surface area (Å²) in [7, 11) is 3.50. The molecule has 2 N–H and O–H groups in total. The average Bonchev–Trinajstić information content (AvgIpc) is 2.66. The highest BCUT2D eigenvalue weighted by atomic mass is 16.5. The zero-order chi connectivity index (χ0) is 19.8. The Morgan fingerprint density at radius 1 is 1.30 bits per heavy atom. The lowest BCUT2D eigenvalue weighted by Gasteiger charge is -2.37. The number of ether oxygens (including phenoxy) is 2. The molecule has 1 unspecified atom stereocenters. The number of methoxy groups -OCH3 is 1. The second-order valence-electron chi connectivity index (χ2n) is 7.31. The highest BCUT2D eigenvalue weighted by Crippen LogP contribution is 2.23. The van der Waals surface area contributed by atoms with Crippen molar-refractivity contribution in [2.75, 3.05) is 47.0 Å². The minimum Gasteiger partial charge on any atom is -0.496 e. The second kappa shape index (κ2) is 10.5. The van der Waals surface area contributed by atoms with E-state index in [0.717, 1.165) is 61.4 Å². The highest BCUT2D eigenvalue weighted by Gasteiger charge is 2.23. The molecular formula is C20H35N5O2. The molecule has 2 heterocycles. The largest absolute Gasteiger partial charge is 0.496 e. The molecule has 7 heteroatoms. The minimum atomic E-state index is 0.451. The number of nitrogens with one attached hydrogen (secondary N) is 2. The normalized spacial score (nSPS) is 17.1. The smallest absolute Gasteiger partial charge is 0.191 e. The maximum absolute atomic E-state index is 5.49. The van der Waals surface area contributed by atoms with Crippen molar-refractivity contribution in [1.82, 2.24) is 20.5 Å². The van der Waals surface area contributed by atoms with Crippen molar-refractivity contribution in [1.29, 1.82) is 0 Å². The lowest BCUT2D eigenvalue weighted by atomic mass is 10.0. The third-order valence-electron chi connectivity index (χ3n) is 5.16. The molecule has 1 aliphatic rings. The summed E-state index contributed by atoms with van der Waals surface area (Å²) in [5, 5.41) is 6.85. The maximum atomic E-state index is 5.49. The van der Waals surface area contributed by atoms with Crippen LogP contribution in [0.15, 0.2) is 11.2 Å². The first-order chi connectivity index (χ1) is 13.0. The summed E-state index contributed by atoms with van der Waals surface area (Å²) in [5.74, 6) is 2.24. The summed E-state index contributed by atoms with van der Waals surface area (Å²) in [5.41, 5.74) is 3.08. The van der Waals surface area contributed by atoms with Crippen molar-refractivity contribution in [2.24, 2.45) is 10.9 Å². The number of pyridine rings is 1. The fourth-order valence-electron chi connectivity index (χ4n) is 3.53. The Bertz CT molecular complexity index is 627. The molecule has 0 amide bonds. The zero-order valence-electron chi connectivity index (χ0n) is 17.6. The van der Waals surface area contributed by atoms with Crippen LogP contribution in [0.25, 0.3) is 0 Å². The standard InChI is InChI=1S/C20H35N5O2/c1-14(2)18(25-7-9-27-10-8-25)13-24-20(21-5)23-12-17-16(4)19(26-6)15(3)11-22-17/h11,14,18H,7-10,12-13H2,1-6H3,(H2,21,23,24). The molecule has 1 aromatic heterocycles. The molecule has 1 saturated heterocycles. The molecule has 27 heavy (non-hydrogen) atoms. The molecule has 2 rings (SSSR count). The van der Waals surface area contributed by atoms with E-state index in [1.807, 2.05) is 20.0 Å². The number of rotatable bonds is 7. The van der Waals surface area contributed by atoms with E-state index >= 15 is 0 Å². The Balaban J connectivity index is 1.93. The van der Waals surface area contributed by atoms with E-state index in [0.29, 0.717) is 18.5 Å². The lowest BCUT2D eigenvalue weighted by Crippen LogP contribution is -2.52. The highest BCUT2D eigenvalue weighted by molar-refractivity contribution is 5.79. The lowest BCUT2D eigenvalue weighted by molar-refractivity contribution is 0.00752. The van der Waals surface area contributed by atoms with Crippen molar-refractivity contribution in [3.63, 3.8) is 0 Å². The van der Waals surface area contributed by atoms with E-state index in [9.17, 15) is 0 Å². The van der Waals surface area contributed by atoms with Gasteiger partial charge in [-0.2, -0.15) is 0 Å². The summed E-state index contributed by atoms with van der Waals surface area (Å²) < 4.78 is 11.0. The number of hydrogen-bond donors (Lipinski definition) is 2. The van der Waals surface area contributed by atoms with Gasteiger partial charge in [-0.3, -0.25) is 14.9 Å². The first kappa shape index (κ1) is 21.4. The van der Waals surface area contributed by atoms with Crippen LogP contribution < -0.4 is 15.4 Å². The van der Waals surface area contributed by atoms with Crippen molar-refractivity contribution in [3.8, 4) is 5.75 Å². The van der Waals surface area contributed by atoms with E-state index in [4.69, 9.17) is 9.47 Å². The van der Waals surface area contributed by atoms with Crippen molar-refractivity contribution in [3.05, 3.63) is 23.0 Å². The quantitative estimate of drug-likeness (QED) is 0.557. The number of morpholine rings is 1. The van der Waals surface area contributed by atoms with Gasteiger partial charge < -0.3 is 20.1 Å². The van der Waals surface area contributed by atoms with E-state index in [1.165, 1.54) is 0 Å². The molecule has 0 aromatic carbocycles. The summed E-state index contributed by atoms with van der Waals surface area (Å²) in [4.78, 5) is 11.4. The van der Waals surface area contributed by atoms with Crippen LogP contribution in [0.3, 0.4) is 0 Å². The fourth-order valence-corrected chi connectivity index (χ4v) is 3.53. The van der Waals surface area contributed by atoms with Crippen molar-refractivity contribution >= 4 is 5.96 Å². The predicted molar refractivity (Wildman–Crippen MR) is 109 cm³/mol. The van der Waals surface area contributed by atoms with Gasteiger partial charge in [-0.15, -0.1) is 0 Å². The van der Waals surface area contributed by atoms with Crippen LogP contribution in [0, 0.1) is 19.8 Å². The van der Waals surface area contributed by atoms with Crippen LogP contribution in [0.2, 0.25) is 0 Å². The van der Waals surface area contributed by atoms with Gasteiger partial charge in [-0.05, 0) is 19.8 Å². The molecule has 0 aliphatic carbocycles. The number of aryl methyl sites for hydroxylation is 1. The van der Waals surface area contributed by atoms with Gasteiger partial charge in [-0.25, -0.2) is 0 Å². The third-order valence-corrected chi connectivity index (χ3v) is 5.16. The van der Waals surface area contributed by atoms with E-state index in [2.05, 4.69) is 39.4 Å². The molecule has 1 atom stereocenters. The molecule has 7 nitrogen and oxygen atoms in total. The number of aliphatic imine (C=N–C) groups is 1. The minimum absolute atomic E-state index is 0.451. The van der Waals surface area contributed by atoms with Crippen LogP contribution in [0.5, 0.6) is 5.75 Å². The fraction of sp³-hybridized carbons (Fsp3) is 0.700. The van der Waals surface area contributed by atoms with Gasteiger partial charge in [0.05, 0.1) is 32.6 Å². The SMILES string of the molecule is CN=C(NCc1ncc(C)c(OC)c1C)NCC(C(C)C)N1CCOCC1. The summed E-state index contributed by atoms with van der Waals surface area (Å²) >= 11 is 0. The Morgan fingerprint density at radius 2 is 2.00 bits per heavy atom. The van der Waals surface area contributed by atoms with Crippen molar-refractivity contribution < 1.29 is 9.47 Å². The molecule has 0 spiro atoms. The predicted octanol–water partition coefficient (Wildman–Crippen LogP) is 1.73. The summed E-state index contributed by atoms with van der Waals surface area (Å²) in [6, 6.07) is 0.451. The Labute approximate surface area is 163 Å². The van der Waals surface area contributed by atoms with E-state index < -0.39 is 0 Å².